The third kappa shape index (κ3) is 23.2. The van der Waals surface area contributed by atoms with Crippen molar-refractivity contribution in [1.29, 1.82) is 0 Å². The van der Waals surface area contributed by atoms with Crippen LogP contribution in [0, 0.1) is 0 Å². The molecule has 0 heterocycles. The highest BCUT2D eigenvalue weighted by atomic mass is 35.5. The van der Waals surface area contributed by atoms with Gasteiger partial charge in [0.15, 0.2) is 0 Å². The summed E-state index contributed by atoms with van der Waals surface area (Å²) in [5.41, 5.74) is 0. The van der Waals surface area contributed by atoms with E-state index in [1.807, 2.05) is 0 Å². The molecule has 0 radical (unpaired) electrons. The van der Waals surface area contributed by atoms with Crippen molar-refractivity contribution < 1.29 is 30.2 Å². The van der Waals surface area contributed by atoms with Crippen molar-refractivity contribution in [3.8, 4) is 0 Å². The van der Waals surface area contributed by atoms with E-state index in [-0.39, 0.29) is 12.4 Å². The fourth-order valence-corrected chi connectivity index (χ4v) is 6.79. The first-order valence-corrected chi connectivity index (χ1v) is 16.9. The van der Waals surface area contributed by atoms with Crippen LogP contribution in [-0.4, -0.2) is 61.8 Å². The molecule has 0 bridgehead atoms. The first-order chi connectivity index (χ1) is 16.4. The molecule has 0 aliphatic carbocycles. The highest BCUT2D eigenvalue weighted by molar-refractivity contribution is 6.60. The predicted octanol–water partition coefficient (Wildman–Crippen LogP) is 5.77. The molecule has 0 atom stereocenters. The Hall–Kier alpha value is 0.347. The lowest BCUT2D eigenvalue weighted by molar-refractivity contribution is -0.890. The van der Waals surface area contributed by atoms with Crippen LogP contribution in [0.25, 0.3) is 0 Å². The number of hydrogen-bond donors (Lipinski definition) is 0. The second kappa shape index (κ2) is 26.0. The highest BCUT2D eigenvalue weighted by Gasteiger charge is 2.36. The summed E-state index contributed by atoms with van der Waals surface area (Å²) in [6.07, 6.45) is 28.1. The minimum Gasteiger partial charge on any atom is -1.00 e. The second-order valence-electron chi connectivity index (χ2n) is 11.1. The Morgan fingerprint density at radius 1 is 0.457 bits per heavy atom. The van der Waals surface area contributed by atoms with Crippen LogP contribution in [0.5, 0.6) is 0 Å². The zero-order valence-electron chi connectivity index (χ0n) is 24.8. The quantitative estimate of drug-likeness (QED) is 0.0756. The Morgan fingerprint density at radius 3 is 1.06 bits per heavy atom. The van der Waals surface area contributed by atoms with E-state index in [1.54, 1.807) is 21.3 Å². The third-order valence-corrected chi connectivity index (χ3v) is 10.4. The van der Waals surface area contributed by atoms with Crippen LogP contribution >= 0.6 is 0 Å². The smallest absolute Gasteiger partial charge is 0.500 e. The molecule has 35 heavy (non-hydrogen) atoms. The van der Waals surface area contributed by atoms with Gasteiger partial charge in [0.25, 0.3) is 0 Å². The fraction of sp³-hybridized carbons (Fsp3) is 1.00. The van der Waals surface area contributed by atoms with Gasteiger partial charge in [-0.15, -0.1) is 0 Å². The maximum atomic E-state index is 5.51. The molecule has 0 aliphatic rings. The van der Waals surface area contributed by atoms with Crippen molar-refractivity contribution in [2.45, 2.75) is 141 Å². The van der Waals surface area contributed by atoms with Gasteiger partial charge in [0.05, 0.1) is 27.2 Å². The molecule has 0 fully saturated rings. The molecule has 0 unspecified atom stereocenters. The first-order valence-electron chi connectivity index (χ1n) is 14.9. The van der Waals surface area contributed by atoms with E-state index in [4.69, 9.17) is 13.3 Å². The summed E-state index contributed by atoms with van der Waals surface area (Å²) in [7, 11) is 7.57. The van der Waals surface area contributed by atoms with Crippen LogP contribution in [0.4, 0.5) is 0 Å². The van der Waals surface area contributed by atoms with E-state index >= 15 is 0 Å². The number of halogens is 1. The number of quaternary nitrogens is 1. The number of nitrogens with zero attached hydrogens (tertiary/aromatic N) is 1. The topological polar surface area (TPSA) is 27.7 Å². The van der Waals surface area contributed by atoms with Crippen LogP contribution in [0.15, 0.2) is 0 Å². The van der Waals surface area contributed by atoms with Gasteiger partial charge >= 0.3 is 8.80 Å². The average molecular weight is 538 g/mol. The number of hydrogen-bond acceptors (Lipinski definition) is 3. The van der Waals surface area contributed by atoms with E-state index in [1.165, 1.54) is 140 Å². The molecule has 0 N–H and O–H groups in total. The zero-order chi connectivity index (χ0) is 25.4. The lowest BCUT2D eigenvalue weighted by Gasteiger charge is -2.30. The predicted molar refractivity (Wildman–Crippen MR) is 151 cm³/mol. The maximum absolute atomic E-state index is 5.51. The standard InChI is InChI=1S/C29H64NO3Si.ClH/c1-7-8-9-10-11-12-13-14-15-16-17-18-19-20-21-24-27-30(2,3)28-25-22-23-26-29-34(31-4,32-5)33-6;/h7-29H2,1-6H3;1H/q+1;/p-1. The van der Waals surface area contributed by atoms with Gasteiger partial charge in [0, 0.05) is 27.4 Å². The molecule has 0 saturated carbocycles. The van der Waals surface area contributed by atoms with Gasteiger partial charge < -0.3 is 30.2 Å². The molecule has 4 nitrogen and oxygen atoms in total. The minimum atomic E-state index is -2.37. The van der Waals surface area contributed by atoms with Crippen LogP contribution < -0.4 is 12.4 Å². The molecule has 0 amide bonds. The van der Waals surface area contributed by atoms with Crippen molar-refractivity contribution in [2.24, 2.45) is 0 Å². The van der Waals surface area contributed by atoms with Crippen LogP contribution in [-0.2, 0) is 13.3 Å². The van der Waals surface area contributed by atoms with Crippen LogP contribution in [0.1, 0.15) is 135 Å². The molecule has 0 spiro atoms. The summed E-state index contributed by atoms with van der Waals surface area (Å²) in [5.74, 6) is 0. The molecule has 0 aliphatic heterocycles. The number of unbranched alkanes of at least 4 members (excludes halogenated alkanes) is 18. The second-order valence-corrected chi connectivity index (χ2v) is 14.2. The first kappa shape index (κ1) is 37.5. The van der Waals surface area contributed by atoms with Gasteiger partial charge in [-0.05, 0) is 32.1 Å². The SMILES string of the molecule is CCCCCCCCCCCCCCCCCC[N+](C)(C)CCCCCC[Si](OC)(OC)OC.[Cl-]. The van der Waals surface area contributed by atoms with Gasteiger partial charge in [-0.3, -0.25) is 0 Å². The van der Waals surface area contributed by atoms with Gasteiger partial charge in [-0.2, -0.15) is 0 Å². The summed E-state index contributed by atoms with van der Waals surface area (Å²) in [6, 6.07) is 0.925. The van der Waals surface area contributed by atoms with E-state index < -0.39 is 8.80 Å². The average Bonchev–Trinajstić information content (AvgIpc) is 2.84. The molecule has 214 valence electrons. The normalized spacial score (nSPS) is 12.2. The summed E-state index contributed by atoms with van der Waals surface area (Å²) in [6.45, 7) is 4.92. The molecular weight excluding hydrogens is 474 g/mol. The van der Waals surface area contributed by atoms with Gasteiger partial charge in [-0.25, -0.2) is 0 Å². The molecule has 0 rings (SSSR count). The largest absolute Gasteiger partial charge is 1.00 e. The Kier molecular flexibility index (Phi) is 27.8. The number of rotatable bonds is 27. The van der Waals surface area contributed by atoms with Crippen molar-refractivity contribution >= 4 is 8.80 Å². The van der Waals surface area contributed by atoms with Gasteiger partial charge in [-0.1, -0.05) is 103 Å². The Bertz CT molecular complexity index is 414. The lowest BCUT2D eigenvalue weighted by atomic mass is 10.0. The van der Waals surface area contributed by atoms with Crippen LogP contribution in [0.2, 0.25) is 6.04 Å². The monoisotopic (exact) mass is 537 g/mol. The summed E-state index contributed by atoms with van der Waals surface area (Å²) in [5, 5.41) is 0. The zero-order valence-corrected chi connectivity index (χ0v) is 26.6. The van der Waals surface area contributed by atoms with Gasteiger partial charge in [0.1, 0.15) is 0 Å². The molecule has 0 aromatic carbocycles. The summed E-state index contributed by atoms with van der Waals surface area (Å²) in [4.78, 5) is 0. The molecule has 0 saturated heterocycles. The molecule has 0 aromatic heterocycles. The van der Waals surface area contributed by atoms with Gasteiger partial charge in [0.2, 0.25) is 0 Å². The van der Waals surface area contributed by atoms with Crippen molar-refractivity contribution in [2.75, 3.05) is 48.5 Å². The molecule has 0 aromatic rings. The Labute approximate surface area is 228 Å². The molecule has 6 heteroatoms. The van der Waals surface area contributed by atoms with Crippen molar-refractivity contribution in [3.63, 3.8) is 0 Å². The summed E-state index contributed by atoms with van der Waals surface area (Å²) >= 11 is 0. The van der Waals surface area contributed by atoms with Crippen molar-refractivity contribution in [3.05, 3.63) is 0 Å². The highest BCUT2D eigenvalue weighted by Crippen LogP contribution is 2.18. The Morgan fingerprint density at radius 2 is 0.743 bits per heavy atom. The third-order valence-electron chi connectivity index (χ3n) is 7.55. The fourth-order valence-electron chi connectivity index (χ4n) is 4.99. The lowest BCUT2D eigenvalue weighted by Crippen LogP contribution is -3.00. The van der Waals surface area contributed by atoms with Crippen molar-refractivity contribution in [1.82, 2.24) is 0 Å². The summed E-state index contributed by atoms with van der Waals surface area (Å²) < 4.78 is 17.7. The van der Waals surface area contributed by atoms with E-state index in [9.17, 15) is 0 Å². The minimum absolute atomic E-state index is 0. The van der Waals surface area contributed by atoms with Crippen LogP contribution in [0.3, 0.4) is 0 Å². The Balaban J connectivity index is 0. The van der Waals surface area contributed by atoms with E-state index in [0.29, 0.717) is 0 Å². The maximum Gasteiger partial charge on any atom is 0.500 e. The van der Waals surface area contributed by atoms with E-state index in [2.05, 4.69) is 21.0 Å². The molecular formula is C29H64ClNO3Si. The van der Waals surface area contributed by atoms with E-state index in [0.717, 1.165) is 12.5 Å².